The Hall–Kier alpha value is -1.51. The van der Waals surface area contributed by atoms with E-state index in [0.29, 0.717) is 6.04 Å². The summed E-state index contributed by atoms with van der Waals surface area (Å²) in [5.41, 5.74) is 3.37. The van der Waals surface area contributed by atoms with Gasteiger partial charge in [0.25, 0.3) is 5.91 Å². The molecule has 0 saturated carbocycles. The second-order valence-electron chi connectivity index (χ2n) is 5.96. The first-order valence-electron chi connectivity index (χ1n) is 7.97. The van der Waals surface area contributed by atoms with E-state index in [1.165, 1.54) is 17.7 Å². The number of piperidine rings is 1. The molecule has 0 radical (unpaired) electrons. The molecular weight excluding hydrogens is 248 g/mol. The molecule has 20 heavy (non-hydrogen) atoms. The molecule has 0 bridgehead atoms. The van der Waals surface area contributed by atoms with Gasteiger partial charge in [-0.3, -0.25) is 4.79 Å². The molecule has 0 spiro atoms. The zero-order valence-electron chi connectivity index (χ0n) is 12.3. The van der Waals surface area contributed by atoms with Gasteiger partial charge in [0, 0.05) is 30.4 Å². The van der Waals surface area contributed by atoms with Crippen molar-refractivity contribution in [1.29, 1.82) is 0 Å². The number of amides is 1. The van der Waals surface area contributed by atoms with Gasteiger partial charge in [0.15, 0.2) is 0 Å². The first-order valence-corrected chi connectivity index (χ1v) is 7.97. The van der Waals surface area contributed by atoms with Gasteiger partial charge in [0.05, 0.1) is 0 Å². The second kappa shape index (κ2) is 5.86. The third kappa shape index (κ3) is 2.54. The van der Waals surface area contributed by atoms with Crippen LogP contribution in [0.5, 0.6) is 0 Å². The van der Waals surface area contributed by atoms with Crippen LogP contribution in [0.2, 0.25) is 0 Å². The molecule has 3 heteroatoms. The predicted octanol–water partition coefficient (Wildman–Crippen LogP) is 3.45. The number of likely N-dealkylation sites (tertiary alicyclic amines) is 1. The molecule has 1 aromatic rings. The van der Waals surface area contributed by atoms with Gasteiger partial charge in [-0.2, -0.15) is 0 Å². The number of aryl methyl sites for hydroxylation is 1. The first-order chi connectivity index (χ1) is 9.79. The summed E-state index contributed by atoms with van der Waals surface area (Å²) in [7, 11) is 0. The van der Waals surface area contributed by atoms with Crippen LogP contribution in [0, 0.1) is 0 Å². The summed E-state index contributed by atoms with van der Waals surface area (Å²) in [6.45, 7) is 4.16. The van der Waals surface area contributed by atoms with Crippen LogP contribution >= 0.6 is 0 Å². The van der Waals surface area contributed by atoms with Crippen LogP contribution in [0.3, 0.4) is 0 Å². The topological polar surface area (TPSA) is 32.3 Å². The highest BCUT2D eigenvalue weighted by atomic mass is 16.2. The van der Waals surface area contributed by atoms with E-state index in [1.807, 2.05) is 6.07 Å². The molecule has 3 nitrogen and oxygen atoms in total. The lowest BCUT2D eigenvalue weighted by atomic mass is 9.97. The van der Waals surface area contributed by atoms with Gasteiger partial charge in [-0.1, -0.05) is 6.92 Å². The standard InChI is InChI=1S/C17H24N2O/c1-2-15-7-3-4-11-19(15)17(20)14-8-9-16-13(12-14)6-5-10-18-16/h8-9,12,15,18H,2-7,10-11H2,1H3. The van der Waals surface area contributed by atoms with Crippen molar-refractivity contribution in [2.75, 3.05) is 18.4 Å². The maximum atomic E-state index is 12.8. The van der Waals surface area contributed by atoms with Crippen molar-refractivity contribution in [3.05, 3.63) is 29.3 Å². The number of anilines is 1. The van der Waals surface area contributed by atoms with Crippen molar-refractivity contribution >= 4 is 11.6 Å². The lowest BCUT2D eigenvalue weighted by molar-refractivity contribution is 0.0608. The Morgan fingerprint density at radius 3 is 3.10 bits per heavy atom. The molecule has 3 rings (SSSR count). The first kappa shape index (κ1) is 13.5. The number of hydrogen-bond acceptors (Lipinski definition) is 2. The van der Waals surface area contributed by atoms with E-state index >= 15 is 0 Å². The summed E-state index contributed by atoms with van der Waals surface area (Å²) in [5.74, 6) is 0.227. The number of fused-ring (bicyclic) bond motifs is 1. The van der Waals surface area contributed by atoms with Gasteiger partial charge in [0.1, 0.15) is 0 Å². The van der Waals surface area contributed by atoms with Gasteiger partial charge in [-0.15, -0.1) is 0 Å². The van der Waals surface area contributed by atoms with Crippen LogP contribution in [-0.2, 0) is 6.42 Å². The zero-order valence-corrected chi connectivity index (χ0v) is 12.3. The molecule has 108 valence electrons. The normalized spacial score (nSPS) is 22.1. The van der Waals surface area contributed by atoms with E-state index in [9.17, 15) is 4.79 Å². The Morgan fingerprint density at radius 2 is 2.25 bits per heavy atom. The fraction of sp³-hybridized carbons (Fsp3) is 0.588. The molecule has 2 heterocycles. The lowest BCUT2D eigenvalue weighted by Crippen LogP contribution is -2.43. The fourth-order valence-electron chi connectivity index (χ4n) is 3.47. The zero-order chi connectivity index (χ0) is 13.9. The number of rotatable bonds is 2. The quantitative estimate of drug-likeness (QED) is 0.894. The number of carbonyl (C=O) groups is 1. The summed E-state index contributed by atoms with van der Waals surface area (Å²) < 4.78 is 0. The van der Waals surface area contributed by atoms with E-state index in [4.69, 9.17) is 0 Å². The molecule has 1 atom stereocenters. The molecule has 0 aromatic heterocycles. The lowest BCUT2D eigenvalue weighted by Gasteiger charge is -2.35. The second-order valence-corrected chi connectivity index (χ2v) is 5.96. The van der Waals surface area contributed by atoms with Crippen molar-refractivity contribution in [2.24, 2.45) is 0 Å². The molecular formula is C17H24N2O. The number of carbonyl (C=O) groups excluding carboxylic acids is 1. The van der Waals surface area contributed by atoms with Crippen LogP contribution in [0.25, 0.3) is 0 Å². The van der Waals surface area contributed by atoms with Gasteiger partial charge in [-0.25, -0.2) is 0 Å². The molecule has 1 amide bonds. The summed E-state index contributed by atoms with van der Waals surface area (Å²) in [4.78, 5) is 14.9. The van der Waals surface area contributed by atoms with Gasteiger partial charge < -0.3 is 10.2 Å². The Balaban J connectivity index is 1.82. The summed E-state index contributed by atoms with van der Waals surface area (Å²) >= 11 is 0. The minimum absolute atomic E-state index is 0.227. The highest BCUT2D eigenvalue weighted by Crippen LogP contribution is 2.26. The molecule has 2 aliphatic heterocycles. The smallest absolute Gasteiger partial charge is 0.254 e. The van der Waals surface area contributed by atoms with Crippen molar-refractivity contribution in [3.8, 4) is 0 Å². The Bertz CT molecular complexity index is 498. The van der Waals surface area contributed by atoms with E-state index in [2.05, 4.69) is 29.3 Å². The molecule has 1 saturated heterocycles. The molecule has 1 unspecified atom stereocenters. The Morgan fingerprint density at radius 1 is 1.35 bits per heavy atom. The minimum Gasteiger partial charge on any atom is -0.385 e. The highest BCUT2D eigenvalue weighted by Gasteiger charge is 2.26. The number of benzene rings is 1. The average molecular weight is 272 g/mol. The molecule has 1 N–H and O–H groups in total. The molecule has 1 fully saturated rings. The van der Waals surface area contributed by atoms with Crippen LogP contribution in [0.4, 0.5) is 5.69 Å². The Labute approximate surface area is 121 Å². The van der Waals surface area contributed by atoms with Gasteiger partial charge in [0.2, 0.25) is 0 Å². The molecule has 1 aromatic carbocycles. The largest absolute Gasteiger partial charge is 0.385 e. The maximum absolute atomic E-state index is 12.8. The van der Waals surface area contributed by atoms with E-state index in [1.54, 1.807) is 0 Å². The minimum atomic E-state index is 0.227. The third-order valence-corrected chi connectivity index (χ3v) is 4.65. The van der Waals surface area contributed by atoms with Crippen LogP contribution < -0.4 is 5.32 Å². The fourth-order valence-corrected chi connectivity index (χ4v) is 3.47. The third-order valence-electron chi connectivity index (χ3n) is 4.65. The summed E-state index contributed by atoms with van der Waals surface area (Å²) in [6.07, 6.45) is 6.88. The van der Waals surface area contributed by atoms with Gasteiger partial charge >= 0.3 is 0 Å². The van der Waals surface area contributed by atoms with Crippen LogP contribution in [0.15, 0.2) is 18.2 Å². The van der Waals surface area contributed by atoms with Crippen molar-refractivity contribution in [2.45, 2.75) is 51.5 Å². The van der Waals surface area contributed by atoms with Crippen molar-refractivity contribution < 1.29 is 4.79 Å². The van der Waals surface area contributed by atoms with Crippen molar-refractivity contribution in [3.63, 3.8) is 0 Å². The predicted molar refractivity (Wildman–Crippen MR) is 82.2 cm³/mol. The van der Waals surface area contributed by atoms with Gasteiger partial charge in [-0.05, 0) is 62.3 Å². The van der Waals surface area contributed by atoms with E-state index in [0.717, 1.165) is 50.8 Å². The summed E-state index contributed by atoms with van der Waals surface area (Å²) in [6, 6.07) is 6.60. The van der Waals surface area contributed by atoms with Crippen LogP contribution in [-0.4, -0.2) is 29.9 Å². The number of nitrogens with one attached hydrogen (secondary N) is 1. The number of nitrogens with zero attached hydrogens (tertiary/aromatic N) is 1. The summed E-state index contributed by atoms with van der Waals surface area (Å²) in [5, 5.41) is 3.40. The highest BCUT2D eigenvalue weighted by molar-refractivity contribution is 5.95. The Kier molecular flexibility index (Phi) is 3.95. The average Bonchev–Trinajstić information content (AvgIpc) is 2.53. The SMILES string of the molecule is CCC1CCCCN1C(=O)c1ccc2c(c1)CCCN2. The van der Waals surface area contributed by atoms with Crippen molar-refractivity contribution in [1.82, 2.24) is 4.90 Å². The van der Waals surface area contributed by atoms with E-state index < -0.39 is 0 Å². The maximum Gasteiger partial charge on any atom is 0.254 e. The number of hydrogen-bond donors (Lipinski definition) is 1. The van der Waals surface area contributed by atoms with Crippen LogP contribution in [0.1, 0.15) is 54.9 Å². The molecule has 0 aliphatic carbocycles. The monoisotopic (exact) mass is 272 g/mol. The van der Waals surface area contributed by atoms with E-state index in [-0.39, 0.29) is 5.91 Å². The molecule has 2 aliphatic rings.